The number of aliphatic hydroxyl groups excluding tert-OH is 2. The lowest BCUT2D eigenvalue weighted by molar-refractivity contribution is -0.144. The van der Waals surface area contributed by atoms with Gasteiger partial charge in [-0.3, -0.25) is 14.4 Å². The lowest BCUT2D eigenvalue weighted by Crippen LogP contribution is -2.52. The Labute approximate surface area is 223 Å². The maximum Gasteiger partial charge on any atom is 0.202 e. The summed E-state index contributed by atoms with van der Waals surface area (Å²) in [7, 11) is 1.34. The minimum Gasteiger partial charge on any atom is -0.507 e. The van der Waals surface area contributed by atoms with Crippen molar-refractivity contribution < 1.29 is 49.4 Å². The second-order valence-electron chi connectivity index (χ2n) is 10.7. The first-order chi connectivity index (χ1) is 18.4. The fraction of sp³-hybridized carbons (Fsp3) is 0.464. The Morgan fingerprint density at radius 3 is 2.49 bits per heavy atom. The molecule has 0 spiro atoms. The molecule has 0 amide bonds. The summed E-state index contributed by atoms with van der Waals surface area (Å²) in [6.45, 7) is 0.695. The number of aliphatic hydroxyl groups is 3. The van der Waals surface area contributed by atoms with E-state index in [1.54, 1.807) is 6.92 Å². The molecule has 1 aliphatic heterocycles. The molecular weight excluding hydrogens is 510 g/mol. The number of phenolic OH excluding ortho intramolecular Hbond substituents is 2. The predicted molar refractivity (Wildman–Crippen MR) is 135 cm³/mol. The normalized spacial score (nSPS) is 29.8. The van der Waals surface area contributed by atoms with E-state index >= 15 is 0 Å². The molecule has 1 saturated heterocycles. The Kier molecular flexibility index (Phi) is 6.76. The molecule has 11 nitrogen and oxygen atoms in total. The summed E-state index contributed by atoms with van der Waals surface area (Å²) in [5.41, 5.74) is 3.13. The smallest absolute Gasteiger partial charge is 0.202 e. The molecule has 208 valence electrons. The molecule has 0 unspecified atom stereocenters. The quantitative estimate of drug-likeness (QED) is 0.245. The SMILES string of the molecule is COc1cccc2c1C(=O)c1c(O)c3c(c(O)c1C2=O)C[C@@](O)(C(=O)CO)C[C@@H]3C[C@H]1C[C@H](N)[C@H](O)[C@H](C)O1. The van der Waals surface area contributed by atoms with E-state index < -0.39 is 83.3 Å². The van der Waals surface area contributed by atoms with Gasteiger partial charge in [-0.1, -0.05) is 12.1 Å². The van der Waals surface area contributed by atoms with Crippen LogP contribution >= 0.6 is 0 Å². The zero-order valence-electron chi connectivity index (χ0n) is 21.5. The zero-order valence-corrected chi connectivity index (χ0v) is 21.5. The van der Waals surface area contributed by atoms with Crippen LogP contribution in [0.5, 0.6) is 17.2 Å². The van der Waals surface area contributed by atoms with Gasteiger partial charge in [-0.2, -0.15) is 0 Å². The fourth-order valence-electron chi connectivity index (χ4n) is 6.37. The van der Waals surface area contributed by atoms with Crippen molar-refractivity contribution in [3.63, 3.8) is 0 Å². The summed E-state index contributed by atoms with van der Waals surface area (Å²) < 4.78 is 11.2. The van der Waals surface area contributed by atoms with Crippen LogP contribution in [0.4, 0.5) is 0 Å². The third-order valence-electron chi connectivity index (χ3n) is 8.30. The highest BCUT2D eigenvalue weighted by Gasteiger charge is 2.49. The summed E-state index contributed by atoms with van der Waals surface area (Å²) >= 11 is 0. The molecule has 0 radical (unpaired) electrons. The summed E-state index contributed by atoms with van der Waals surface area (Å²) in [5, 5.41) is 54.0. The molecule has 0 saturated carbocycles. The van der Waals surface area contributed by atoms with Crippen LogP contribution < -0.4 is 10.5 Å². The highest BCUT2D eigenvalue weighted by Crippen LogP contribution is 2.53. The van der Waals surface area contributed by atoms with Crippen LogP contribution in [0.3, 0.4) is 0 Å². The fourth-order valence-corrected chi connectivity index (χ4v) is 6.37. The third kappa shape index (κ3) is 4.12. The van der Waals surface area contributed by atoms with Crippen LogP contribution in [0.15, 0.2) is 18.2 Å². The van der Waals surface area contributed by atoms with Gasteiger partial charge in [-0.25, -0.2) is 0 Å². The molecule has 39 heavy (non-hydrogen) atoms. The maximum atomic E-state index is 13.7. The van der Waals surface area contributed by atoms with Crippen LogP contribution in [0.2, 0.25) is 0 Å². The van der Waals surface area contributed by atoms with E-state index in [9.17, 15) is 39.9 Å². The van der Waals surface area contributed by atoms with Crippen molar-refractivity contribution in [2.24, 2.45) is 5.73 Å². The molecule has 5 rings (SSSR count). The number of Topliss-reactive ketones (excluding diaryl/α,β-unsaturated/α-hetero) is 1. The van der Waals surface area contributed by atoms with Gasteiger partial charge in [0.15, 0.2) is 11.6 Å². The molecule has 11 heteroatoms. The van der Waals surface area contributed by atoms with E-state index in [2.05, 4.69) is 0 Å². The molecule has 3 aliphatic rings. The van der Waals surface area contributed by atoms with Crippen LogP contribution in [-0.2, 0) is 16.0 Å². The number of phenols is 2. The van der Waals surface area contributed by atoms with E-state index in [4.69, 9.17) is 15.2 Å². The number of ketones is 3. The van der Waals surface area contributed by atoms with Crippen molar-refractivity contribution in [1.29, 1.82) is 0 Å². The molecule has 6 atom stereocenters. The summed E-state index contributed by atoms with van der Waals surface area (Å²) in [6, 6.07) is 3.83. The number of fused-ring (bicyclic) bond motifs is 3. The van der Waals surface area contributed by atoms with Gasteiger partial charge in [0.2, 0.25) is 5.78 Å². The molecule has 2 aromatic carbocycles. The second kappa shape index (κ2) is 9.68. The van der Waals surface area contributed by atoms with Crippen LogP contribution in [0.1, 0.15) is 75.1 Å². The zero-order chi connectivity index (χ0) is 28.4. The molecule has 1 heterocycles. The van der Waals surface area contributed by atoms with Gasteiger partial charge in [0, 0.05) is 29.2 Å². The number of carbonyl (C=O) groups excluding carboxylic acids is 3. The molecule has 0 aromatic heterocycles. The second-order valence-corrected chi connectivity index (χ2v) is 10.7. The molecule has 2 aliphatic carbocycles. The van der Waals surface area contributed by atoms with Crippen molar-refractivity contribution in [2.45, 2.75) is 68.5 Å². The number of hydrogen-bond donors (Lipinski definition) is 6. The van der Waals surface area contributed by atoms with Gasteiger partial charge in [0.1, 0.15) is 29.5 Å². The largest absolute Gasteiger partial charge is 0.507 e. The lowest BCUT2D eigenvalue weighted by Gasteiger charge is -2.42. The molecule has 1 fully saturated rings. The Morgan fingerprint density at radius 2 is 1.85 bits per heavy atom. The van der Waals surface area contributed by atoms with Crippen LogP contribution in [0.25, 0.3) is 0 Å². The first-order valence-corrected chi connectivity index (χ1v) is 12.8. The Balaban J connectivity index is 1.69. The summed E-state index contributed by atoms with van der Waals surface area (Å²) in [6.07, 6.45) is -2.45. The first-order valence-electron chi connectivity index (χ1n) is 12.8. The van der Waals surface area contributed by atoms with Crippen molar-refractivity contribution in [3.8, 4) is 17.2 Å². The number of aromatic hydroxyl groups is 2. The lowest BCUT2D eigenvalue weighted by atomic mass is 9.67. The first kappa shape index (κ1) is 27.2. The topological polar surface area (TPSA) is 197 Å². The average molecular weight is 542 g/mol. The van der Waals surface area contributed by atoms with Gasteiger partial charge in [-0.15, -0.1) is 0 Å². The van der Waals surface area contributed by atoms with Gasteiger partial charge in [0.25, 0.3) is 0 Å². The highest BCUT2D eigenvalue weighted by atomic mass is 16.5. The molecule has 7 N–H and O–H groups in total. The van der Waals surface area contributed by atoms with E-state index in [0.29, 0.717) is 0 Å². The molecule has 0 bridgehead atoms. The van der Waals surface area contributed by atoms with Crippen LogP contribution in [-0.4, -0.2) is 86.6 Å². The van der Waals surface area contributed by atoms with E-state index in [1.807, 2.05) is 0 Å². The predicted octanol–water partition coefficient (Wildman–Crippen LogP) is 0.460. The van der Waals surface area contributed by atoms with E-state index in [1.165, 1.54) is 25.3 Å². The Hall–Kier alpha value is -3.35. The van der Waals surface area contributed by atoms with Gasteiger partial charge in [0.05, 0.1) is 42.1 Å². The van der Waals surface area contributed by atoms with Crippen molar-refractivity contribution in [3.05, 3.63) is 51.6 Å². The summed E-state index contributed by atoms with van der Waals surface area (Å²) in [5.74, 6) is -4.20. The molecule has 2 aromatic rings. The van der Waals surface area contributed by atoms with Crippen LogP contribution in [0, 0.1) is 0 Å². The minimum atomic E-state index is -2.12. The third-order valence-corrected chi connectivity index (χ3v) is 8.30. The minimum absolute atomic E-state index is 0.0207. The number of methoxy groups -OCH3 is 1. The number of ether oxygens (including phenoxy) is 2. The van der Waals surface area contributed by atoms with Gasteiger partial charge in [-0.05, 0) is 38.2 Å². The Morgan fingerprint density at radius 1 is 1.15 bits per heavy atom. The highest BCUT2D eigenvalue weighted by molar-refractivity contribution is 6.31. The van der Waals surface area contributed by atoms with Crippen molar-refractivity contribution in [1.82, 2.24) is 0 Å². The number of carbonyl (C=O) groups is 3. The monoisotopic (exact) mass is 541 g/mol. The van der Waals surface area contributed by atoms with Crippen molar-refractivity contribution in [2.75, 3.05) is 13.7 Å². The average Bonchev–Trinajstić information content (AvgIpc) is 2.90. The maximum absolute atomic E-state index is 13.7. The number of rotatable bonds is 5. The number of benzene rings is 2. The van der Waals surface area contributed by atoms with Crippen molar-refractivity contribution >= 4 is 17.3 Å². The standard InChI is InChI=1S/C28H31NO10/c1-11-23(32)16(29)7-13(39-11)6-12-8-28(37,18(31)10-30)9-15-19(12)26(35)22-21(25(15)34)24(33)14-4-3-5-17(38-2)20(14)27(22)36/h3-5,11-13,16,23,30,32,34-35,37H,6-10,29H2,1-2H3/t11-,12-,13-,16-,23+,28+/m0/s1. The number of hydrogen-bond acceptors (Lipinski definition) is 11. The van der Waals surface area contributed by atoms with E-state index in [-0.39, 0.29) is 52.8 Å². The van der Waals surface area contributed by atoms with E-state index in [0.717, 1.165) is 0 Å². The van der Waals surface area contributed by atoms with Gasteiger partial charge >= 0.3 is 0 Å². The Bertz CT molecular complexity index is 1380. The molecular formula is C28H31NO10. The summed E-state index contributed by atoms with van der Waals surface area (Å²) in [4.78, 5) is 39.9. The number of nitrogens with two attached hydrogens (primary N) is 1. The van der Waals surface area contributed by atoms with Gasteiger partial charge < -0.3 is 40.7 Å².